The first kappa shape index (κ1) is 22.8. The van der Waals surface area contributed by atoms with Crippen molar-refractivity contribution in [3.8, 4) is 5.75 Å². The number of carbonyl (C=O) groups is 2. The molecule has 1 saturated heterocycles. The molecule has 1 fully saturated rings. The lowest BCUT2D eigenvalue weighted by molar-refractivity contribution is -0.114. The van der Waals surface area contributed by atoms with Crippen LogP contribution in [0.4, 0.5) is 11.4 Å². The fraction of sp³-hybridized carbons (Fsp3) is 0.115. The van der Waals surface area contributed by atoms with Crippen molar-refractivity contribution in [3.05, 3.63) is 94.4 Å². The van der Waals surface area contributed by atoms with E-state index < -0.39 is 0 Å². The van der Waals surface area contributed by atoms with Crippen molar-refractivity contribution in [2.45, 2.75) is 20.5 Å². The summed E-state index contributed by atoms with van der Waals surface area (Å²) < 4.78 is 6.32. The minimum Gasteiger partial charge on any atom is -0.489 e. The van der Waals surface area contributed by atoms with Gasteiger partial charge in [-0.15, -0.1) is 0 Å². The van der Waals surface area contributed by atoms with E-state index in [2.05, 4.69) is 36.5 Å². The Kier molecular flexibility index (Phi) is 6.91. The number of rotatable bonds is 6. The number of nitrogens with zero attached hydrogens (tertiary/aromatic N) is 1. The van der Waals surface area contributed by atoms with Crippen LogP contribution in [0.3, 0.4) is 0 Å². The van der Waals surface area contributed by atoms with E-state index in [0.29, 0.717) is 27.2 Å². The molecule has 7 heteroatoms. The van der Waals surface area contributed by atoms with Crippen LogP contribution in [-0.4, -0.2) is 16.1 Å². The molecule has 5 nitrogen and oxygen atoms in total. The average molecular weight is 475 g/mol. The monoisotopic (exact) mass is 474 g/mol. The van der Waals surface area contributed by atoms with Crippen molar-refractivity contribution in [2.24, 2.45) is 0 Å². The summed E-state index contributed by atoms with van der Waals surface area (Å²) in [6.45, 7) is 4.00. The van der Waals surface area contributed by atoms with Crippen LogP contribution in [0, 0.1) is 6.92 Å². The highest BCUT2D eigenvalue weighted by Gasteiger charge is 2.33. The van der Waals surface area contributed by atoms with Gasteiger partial charge in [-0.3, -0.25) is 14.5 Å². The molecule has 1 aliphatic rings. The van der Waals surface area contributed by atoms with Gasteiger partial charge in [-0.2, -0.15) is 0 Å². The van der Waals surface area contributed by atoms with Gasteiger partial charge in [0, 0.05) is 12.6 Å². The molecular weight excluding hydrogens is 452 g/mol. The number of thiocarbonyl (C=S) groups is 1. The number of ether oxygens (including phenoxy) is 1. The Morgan fingerprint density at radius 1 is 1.03 bits per heavy atom. The number of benzene rings is 3. The minimum atomic E-state index is -0.169. The molecule has 2 amide bonds. The number of amides is 2. The van der Waals surface area contributed by atoms with Crippen molar-refractivity contribution < 1.29 is 14.3 Å². The number of thioether (sulfide) groups is 1. The molecule has 0 bridgehead atoms. The SMILES string of the molecule is CC(=O)Nc1ccc(N2C(=O)/C(=C/c3ccc(OCc4ccc(C)cc4)cc3)SC2=S)cc1. The Labute approximate surface area is 202 Å². The number of hydrogen-bond acceptors (Lipinski definition) is 5. The number of anilines is 2. The fourth-order valence-corrected chi connectivity index (χ4v) is 4.55. The first-order chi connectivity index (χ1) is 15.9. The van der Waals surface area contributed by atoms with Crippen LogP contribution >= 0.6 is 24.0 Å². The summed E-state index contributed by atoms with van der Waals surface area (Å²) in [6, 6.07) is 22.9. The zero-order valence-corrected chi connectivity index (χ0v) is 19.8. The quantitative estimate of drug-likeness (QED) is 0.354. The Morgan fingerprint density at radius 2 is 1.70 bits per heavy atom. The zero-order chi connectivity index (χ0) is 23.4. The molecule has 0 spiro atoms. The second-order valence-electron chi connectivity index (χ2n) is 7.59. The van der Waals surface area contributed by atoms with Crippen molar-refractivity contribution in [2.75, 3.05) is 10.2 Å². The van der Waals surface area contributed by atoms with Gasteiger partial charge in [-0.25, -0.2) is 0 Å². The van der Waals surface area contributed by atoms with Crippen LogP contribution < -0.4 is 15.0 Å². The molecule has 1 heterocycles. The van der Waals surface area contributed by atoms with Crippen LogP contribution in [0.2, 0.25) is 0 Å². The fourth-order valence-electron chi connectivity index (χ4n) is 3.25. The first-order valence-corrected chi connectivity index (χ1v) is 11.6. The largest absolute Gasteiger partial charge is 0.489 e. The molecule has 0 radical (unpaired) electrons. The first-order valence-electron chi connectivity index (χ1n) is 10.3. The van der Waals surface area contributed by atoms with Crippen LogP contribution in [0.1, 0.15) is 23.6 Å². The maximum absolute atomic E-state index is 13.0. The smallest absolute Gasteiger partial charge is 0.270 e. The van der Waals surface area contributed by atoms with Crippen molar-refractivity contribution in [1.82, 2.24) is 0 Å². The third kappa shape index (κ3) is 5.69. The lowest BCUT2D eigenvalue weighted by Crippen LogP contribution is -2.27. The molecular formula is C26H22N2O3S2. The van der Waals surface area contributed by atoms with Gasteiger partial charge in [0.05, 0.1) is 10.6 Å². The Bertz CT molecular complexity index is 1220. The summed E-state index contributed by atoms with van der Waals surface area (Å²) in [4.78, 5) is 26.2. The highest BCUT2D eigenvalue weighted by molar-refractivity contribution is 8.27. The maximum atomic E-state index is 13.0. The van der Waals surface area contributed by atoms with Gasteiger partial charge in [0.2, 0.25) is 5.91 Å². The summed E-state index contributed by atoms with van der Waals surface area (Å²) >= 11 is 6.71. The molecule has 1 aliphatic heterocycles. The Balaban J connectivity index is 1.42. The van der Waals surface area contributed by atoms with Crippen molar-refractivity contribution in [3.63, 3.8) is 0 Å². The van der Waals surface area contributed by atoms with Crippen LogP contribution in [0.5, 0.6) is 5.75 Å². The molecule has 1 N–H and O–H groups in total. The number of carbonyl (C=O) groups excluding carboxylic acids is 2. The summed E-state index contributed by atoms with van der Waals surface area (Å²) in [5, 5.41) is 2.71. The van der Waals surface area contributed by atoms with Crippen molar-refractivity contribution >= 4 is 57.6 Å². The molecule has 0 saturated carbocycles. The molecule has 3 aromatic carbocycles. The Morgan fingerprint density at radius 3 is 2.33 bits per heavy atom. The number of hydrogen-bond donors (Lipinski definition) is 1. The second kappa shape index (κ2) is 10.0. The molecule has 4 rings (SSSR count). The van der Waals surface area contributed by atoms with Crippen LogP contribution in [-0.2, 0) is 16.2 Å². The molecule has 0 atom stereocenters. The van der Waals surface area contributed by atoms with Crippen molar-refractivity contribution in [1.29, 1.82) is 0 Å². The van der Waals surface area contributed by atoms with E-state index in [-0.39, 0.29) is 11.8 Å². The minimum absolute atomic E-state index is 0.150. The highest BCUT2D eigenvalue weighted by atomic mass is 32.2. The van der Waals surface area contributed by atoms with E-state index >= 15 is 0 Å². The number of aryl methyl sites for hydroxylation is 1. The zero-order valence-electron chi connectivity index (χ0n) is 18.2. The van der Waals surface area contributed by atoms with Gasteiger partial charge in [-0.05, 0) is 60.5 Å². The summed E-state index contributed by atoms with van der Waals surface area (Å²) in [5.74, 6) is 0.444. The molecule has 33 heavy (non-hydrogen) atoms. The highest BCUT2D eigenvalue weighted by Crippen LogP contribution is 2.36. The van der Waals surface area contributed by atoms with Gasteiger partial charge in [0.1, 0.15) is 12.4 Å². The third-order valence-electron chi connectivity index (χ3n) is 4.94. The predicted octanol–water partition coefficient (Wildman–Crippen LogP) is 5.94. The molecule has 0 aromatic heterocycles. The molecule has 166 valence electrons. The predicted molar refractivity (Wildman–Crippen MR) is 138 cm³/mol. The van der Waals surface area contributed by atoms with E-state index in [1.165, 1.54) is 29.1 Å². The van der Waals surface area contributed by atoms with Crippen LogP contribution in [0.25, 0.3) is 6.08 Å². The third-order valence-corrected chi connectivity index (χ3v) is 6.25. The van der Waals surface area contributed by atoms with E-state index in [1.807, 2.05) is 30.3 Å². The van der Waals surface area contributed by atoms with E-state index in [1.54, 1.807) is 24.3 Å². The molecule has 3 aromatic rings. The standard InChI is InChI=1S/C26H22N2O3S2/c1-17-3-5-20(6-4-17)16-31-23-13-7-19(8-14-23)15-24-25(30)28(26(32)33-24)22-11-9-21(10-12-22)27-18(2)29/h3-15H,16H2,1-2H3,(H,27,29)/b24-15-. The van der Waals surface area contributed by atoms with Gasteiger partial charge in [0.25, 0.3) is 5.91 Å². The lowest BCUT2D eigenvalue weighted by Gasteiger charge is -2.15. The molecule has 0 unspecified atom stereocenters. The van der Waals surface area contributed by atoms with Gasteiger partial charge in [0.15, 0.2) is 4.32 Å². The number of nitrogens with one attached hydrogen (secondary N) is 1. The topological polar surface area (TPSA) is 58.6 Å². The Hall–Kier alpha value is -3.42. The summed E-state index contributed by atoms with van der Waals surface area (Å²) in [6.07, 6.45) is 1.83. The van der Waals surface area contributed by atoms with E-state index in [0.717, 1.165) is 16.9 Å². The van der Waals surface area contributed by atoms with Gasteiger partial charge >= 0.3 is 0 Å². The average Bonchev–Trinajstić information content (AvgIpc) is 3.07. The van der Waals surface area contributed by atoms with E-state index in [4.69, 9.17) is 17.0 Å². The van der Waals surface area contributed by atoms with Gasteiger partial charge in [-0.1, -0.05) is 65.9 Å². The van der Waals surface area contributed by atoms with E-state index in [9.17, 15) is 9.59 Å². The van der Waals surface area contributed by atoms with Gasteiger partial charge < -0.3 is 10.1 Å². The lowest BCUT2D eigenvalue weighted by atomic mass is 10.1. The van der Waals surface area contributed by atoms with Crippen LogP contribution in [0.15, 0.2) is 77.7 Å². The maximum Gasteiger partial charge on any atom is 0.270 e. The summed E-state index contributed by atoms with van der Waals surface area (Å²) in [5.41, 5.74) is 4.54. The summed E-state index contributed by atoms with van der Waals surface area (Å²) in [7, 11) is 0. The molecule has 0 aliphatic carbocycles. The normalized spacial score (nSPS) is 14.6. The second-order valence-corrected chi connectivity index (χ2v) is 9.26.